The third-order valence-corrected chi connectivity index (χ3v) is 5.75. The lowest BCUT2D eigenvalue weighted by molar-refractivity contribution is 0.518. The highest BCUT2D eigenvalue weighted by Gasteiger charge is 2.07. The van der Waals surface area contributed by atoms with Crippen molar-refractivity contribution in [2.45, 2.75) is 135 Å². The van der Waals surface area contributed by atoms with Crippen LogP contribution in [0.1, 0.15) is 129 Å². The molecule has 23 heavy (non-hydrogen) atoms. The average Bonchev–Trinajstić information content (AvgIpc) is 2.57. The third kappa shape index (κ3) is 18.3. The zero-order valence-corrected chi connectivity index (χ0v) is 17.1. The number of hydrogen-bond donors (Lipinski definition) is 0. The van der Waals surface area contributed by atoms with E-state index in [2.05, 4.69) is 13.8 Å². The molecule has 0 aromatic carbocycles. The van der Waals surface area contributed by atoms with Crippen LogP contribution in [0.4, 0.5) is 0 Å². The van der Waals surface area contributed by atoms with Crippen molar-refractivity contribution in [1.29, 1.82) is 0 Å². The van der Waals surface area contributed by atoms with Crippen LogP contribution in [0.2, 0.25) is 0 Å². The molecular formula is C21H43OP. The van der Waals surface area contributed by atoms with E-state index in [9.17, 15) is 4.57 Å². The summed E-state index contributed by atoms with van der Waals surface area (Å²) in [5, 5.41) is 0. The summed E-state index contributed by atoms with van der Waals surface area (Å²) in [7, 11) is 0.396. The molecule has 2 heteroatoms. The smallest absolute Gasteiger partial charge is 0.158 e. The Bertz CT molecular complexity index is 210. The maximum atomic E-state index is 11.3. The van der Waals surface area contributed by atoms with E-state index in [0.717, 1.165) is 0 Å². The van der Waals surface area contributed by atoms with Crippen molar-refractivity contribution < 1.29 is 4.57 Å². The van der Waals surface area contributed by atoms with E-state index in [1.807, 2.05) is 0 Å². The minimum absolute atomic E-state index is 0.396. The van der Waals surface area contributed by atoms with Crippen LogP contribution in [0.25, 0.3) is 0 Å². The molecule has 0 heterocycles. The molecule has 0 radical (unpaired) electrons. The molecule has 0 fully saturated rings. The van der Waals surface area contributed by atoms with E-state index in [1.165, 1.54) is 116 Å². The van der Waals surface area contributed by atoms with E-state index in [1.54, 1.807) is 0 Å². The van der Waals surface area contributed by atoms with Crippen molar-refractivity contribution in [3.63, 3.8) is 0 Å². The van der Waals surface area contributed by atoms with Crippen LogP contribution in [0.3, 0.4) is 0 Å². The lowest BCUT2D eigenvalue weighted by Gasteiger charge is -2.09. The Kier molecular flexibility index (Phi) is 20.2. The molecule has 0 bridgehead atoms. The molecule has 0 aromatic heterocycles. The van der Waals surface area contributed by atoms with Gasteiger partial charge in [0, 0.05) is 5.66 Å². The summed E-state index contributed by atoms with van der Waals surface area (Å²) in [6.45, 7) is 4.55. The van der Waals surface area contributed by atoms with Crippen molar-refractivity contribution in [2.24, 2.45) is 0 Å². The minimum atomic E-state index is 0.396. The maximum absolute atomic E-state index is 11.3. The van der Waals surface area contributed by atoms with Crippen LogP contribution in [0.15, 0.2) is 0 Å². The normalized spacial score (nSPS) is 11.6. The monoisotopic (exact) mass is 342 g/mol. The van der Waals surface area contributed by atoms with Crippen LogP contribution >= 0.6 is 8.46 Å². The van der Waals surface area contributed by atoms with Gasteiger partial charge < -0.3 is 0 Å². The molecule has 0 saturated heterocycles. The fraction of sp³-hybridized carbons (Fsp3) is 1.00. The van der Waals surface area contributed by atoms with Crippen LogP contribution in [0, 0.1) is 0 Å². The molecule has 0 aliphatic carbocycles. The number of rotatable bonds is 19. The Labute approximate surface area is 148 Å². The first-order valence-corrected chi connectivity index (χ1v) is 11.6. The van der Waals surface area contributed by atoms with Gasteiger partial charge in [-0.2, -0.15) is 0 Å². The van der Waals surface area contributed by atoms with E-state index in [-0.39, 0.29) is 0 Å². The van der Waals surface area contributed by atoms with Crippen molar-refractivity contribution in [1.82, 2.24) is 0 Å². The van der Waals surface area contributed by atoms with Gasteiger partial charge in [-0.15, -0.1) is 0 Å². The zero-order chi connectivity index (χ0) is 17.0. The second kappa shape index (κ2) is 20.1. The van der Waals surface area contributed by atoms with Gasteiger partial charge in [-0.1, -0.05) is 117 Å². The van der Waals surface area contributed by atoms with Gasteiger partial charge in [-0.25, -0.2) is 0 Å². The van der Waals surface area contributed by atoms with Gasteiger partial charge in [0.05, 0.1) is 0 Å². The summed E-state index contributed by atoms with van der Waals surface area (Å²) >= 11 is 0. The molecule has 0 saturated carbocycles. The number of hydrogen-bond acceptors (Lipinski definition) is 1. The summed E-state index contributed by atoms with van der Waals surface area (Å²) in [5.41, 5.74) is 0.440. The van der Waals surface area contributed by atoms with Gasteiger partial charge in [-0.05, 0) is 12.8 Å². The third-order valence-electron chi connectivity index (χ3n) is 4.93. The molecular weight excluding hydrogens is 299 g/mol. The molecule has 0 aromatic rings. The van der Waals surface area contributed by atoms with Crippen molar-refractivity contribution in [2.75, 3.05) is 0 Å². The maximum Gasteiger partial charge on any atom is 0.158 e. The summed E-state index contributed by atoms with van der Waals surface area (Å²) in [4.78, 5) is 0. The van der Waals surface area contributed by atoms with Gasteiger partial charge in [0.1, 0.15) is 0 Å². The van der Waals surface area contributed by atoms with Gasteiger partial charge in [0.25, 0.3) is 0 Å². The fourth-order valence-electron chi connectivity index (χ4n) is 3.28. The van der Waals surface area contributed by atoms with Crippen LogP contribution in [-0.2, 0) is 4.57 Å². The van der Waals surface area contributed by atoms with Gasteiger partial charge in [0.2, 0.25) is 0 Å². The molecule has 0 spiro atoms. The summed E-state index contributed by atoms with van der Waals surface area (Å²) in [6.07, 6.45) is 24.3. The molecule has 138 valence electrons. The summed E-state index contributed by atoms with van der Waals surface area (Å²) < 4.78 is 11.3. The standard InChI is InChI=1S/C21H43OP/c1-3-5-7-9-11-13-15-17-19-21(23-22)20-18-16-14-12-10-8-6-4-2/h21H,3-20H2,1-2H3. The van der Waals surface area contributed by atoms with Crippen molar-refractivity contribution in [3.8, 4) is 0 Å². The second-order valence-electron chi connectivity index (χ2n) is 7.29. The van der Waals surface area contributed by atoms with Crippen LogP contribution in [0.5, 0.6) is 0 Å². The number of unbranched alkanes of at least 4 members (excludes halogenated alkanes) is 14. The molecule has 0 aliphatic rings. The molecule has 0 unspecified atom stereocenters. The lowest BCUT2D eigenvalue weighted by atomic mass is 10.0. The Morgan fingerprint density at radius 3 is 1.13 bits per heavy atom. The Morgan fingerprint density at radius 1 is 0.522 bits per heavy atom. The lowest BCUT2D eigenvalue weighted by Crippen LogP contribution is -1.99. The highest BCUT2D eigenvalue weighted by atomic mass is 31.1. The Morgan fingerprint density at radius 2 is 0.826 bits per heavy atom. The van der Waals surface area contributed by atoms with E-state index < -0.39 is 0 Å². The minimum Gasteiger partial charge on any atom is -0.275 e. The molecule has 0 atom stereocenters. The molecule has 0 aliphatic heterocycles. The van der Waals surface area contributed by atoms with Gasteiger partial charge >= 0.3 is 0 Å². The largest absolute Gasteiger partial charge is 0.275 e. The van der Waals surface area contributed by atoms with Gasteiger partial charge in [0.15, 0.2) is 8.46 Å². The topological polar surface area (TPSA) is 17.1 Å². The zero-order valence-electron chi connectivity index (χ0n) is 16.2. The summed E-state index contributed by atoms with van der Waals surface area (Å²) in [6, 6.07) is 0. The van der Waals surface area contributed by atoms with Crippen LogP contribution < -0.4 is 0 Å². The average molecular weight is 343 g/mol. The van der Waals surface area contributed by atoms with E-state index in [4.69, 9.17) is 0 Å². The van der Waals surface area contributed by atoms with Crippen LogP contribution in [-0.4, -0.2) is 5.66 Å². The predicted octanol–water partition coefficient (Wildman–Crippen LogP) is 8.71. The van der Waals surface area contributed by atoms with E-state index in [0.29, 0.717) is 14.1 Å². The first-order valence-electron chi connectivity index (χ1n) is 10.7. The second-order valence-corrected chi connectivity index (χ2v) is 8.23. The first kappa shape index (κ1) is 23.1. The molecule has 1 nitrogen and oxygen atoms in total. The van der Waals surface area contributed by atoms with Crippen molar-refractivity contribution in [3.05, 3.63) is 0 Å². The molecule has 0 amide bonds. The molecule has 0 N–H and O–H groups in total. The fourth-order valence-corrected chi connectivity index (χ4v) is 3.85. The SMILES string of the molecule is CCCCCCCCCCC(CCCCCCCCCC)P=O. The predicted molar refractivity (Wildman–Crippen MR) is 106 cm³/mol. The molecule has 0 rings (SSSR count). The van der Waals surface area contributed by atoms with E-state index >= 15 is 0 Å². The highest BCUT2D eigenvalue weighted by Crippen LogP contribution is 2.22. The van der Waals surface area contributed by atoms with Gasteiger partial charge in [-0.3, -0.25) is 4.57 Å². The first-order chi connectivity index (χ1) is 11.3. The Hall–Kier alpha value is 0.100. The quantitative estimate of drug-likeness (QED) is 0.169. The highest BCUT2D eigenvalue weighted by molar-refractivity contribution is 7.24. The van der Waals surface area contributed by atoms with Crippen molar-refractivity contribution >= 4 is 8.46 Å². The summed E-state index contributed by atoms with van der Waals surface area (Å²) in [5.74, 6) is 0. The Balaban J connectivity index is 3.30.